The molecule has 0 aliphatic rings. The van der Waals surface area contributed by atoms with Crippen LogP contribution >= 0.6 is 0 Å². The number of rotatable bonds is 5. The van der Waals surface area contributed by atoms with Crippen molar-refractivity contribution in [3.63, 3.8) is 0 Å². The van der Waals surface area contributed by atoms with E-state index in [1.54, 1.807) is 25.1 Å². The second-order valence-corrected chi connectivity index (χ2v) is 3.62. The molecule has 3 nitrogen and oxygen atoms in total. The summed E-state index contributed by atoms with van der Waals surface area (Å²) >= 11 is 0. The summed E-state index contributed by atoms with van der Waals surface area (Å²) in [5.41, 5.74) is 4.44. The van der Waals surface area contributed by atoms with Crippen LogP contribution in [0.15, 0.2) is 18.2 Å². The molecule has 0 spiro atoms. The van der Waals surface area contributed by atoms with Crippen LogP contribution < -0.4 is 15.2 Å². The van der Waals surface area contributed by atoms with Gasteiger partial charge in [0.15, 0.2) is 0 Å². The summed E-state index contributed by atoms with van der Waals surface area (Å²) in [7, 11) is 3.07. The van der Waals surface area contributed by atoms with Gasteiger partial charge in [-0.05, 0) is 24.1 Å². The molecule has 0 saturated carbocycles. The van der Waals surface area contributed by atoms with Crippen LogP contribution in [0.3, 0.4) is 0 Å². The molecule has 1 atom stereocenters. The highest BCUT2D eigenvalue weighted by Gasteiger charge is 2.29. The summed E-state index contributed by atoms with van der Waals surface area (Å²) < 4.78 is 24.6. The van der Waals surface area contributed by atoms with Crippen LogP contribution in [-0.2, 0) is 5.67 Å². The lowest BCUT2D eigenvalue weighted by Crippen LogP contribution is -2.29. The summed E-state index contributed by atoms with van der Waals surface area (Å²) in [6.45, 7) is 1.71. The first-order valence-corrected chi connectivity index (χ1v) is 5.22. The van der Waals surface area contributed by atoms with Crippen LogP contribution in [0, 0.1) is 0 Å². The van der Waals surface area contributed by atoms with E-state index in [1.807, 2.05) is 0 Å². The molecule has 0 aromatic heterocycles. The van der Waals surface area contributed by atoms with E-state index in [1.165, 1.54) is 14.2 Å². The van der Waals surface area contributed by atoms with Crippen molar-refractivity contribution >= 4 is 0 Å². The lowest BCUT2D eigenvalue weighted by atomic mass is 9.93. The van der Waals surface area contributed by atoms with Crippen LogP contribution in [0.25, 0.3) is 0 Å². The maximum atomic E-state index is 14.4. The van der Waals surface area contributed by atoms with Crippen molar-refractivity contribution in [3.8, 4) is 11.5 Å². The fourth-order valence-electron chi connectivity index (χ4n) is 1.53. The van der Waals surface area contributed by atoms with E-state index in [2.05, 4.69) is 0 Å². The third-order valence-electron chi connectivity index (χ3n) is 2.75. The van der Waals surface area contributed by atoms with Crippen LogP contribution in [0.5, 0.6) is 11.5 Å². The largest absolute Gasteiger partial charge is 0.497 e. The quantitative estimate of drug-likeness (QED) is 0.839. The Bertz CT molecular complexity index is 329. The second-order valence-electron chi connectivity index (χ2n) is 3.62. The summed E-state index contributed by atoms with van der Waals surface area (Å²) in [6.07, 6.45) is 0.319. The molecule has 90 valence electrons. The van der Waals surface area contributed by atoms with Gasteiger partial charge >= 0.3 is 0 Å². The molecule has 0 bridgehead atoms. The van der Waals surface area contributed by atoms with Gasteiger partial charge in [-0.3, -0.25) is 0 Å². The van der Waals surface area contributed by atoms with Gasteiger partial charge in [-0.25, -0.2) is 4.39 Å². The minimum Gasteiger partial charge on any atom is -0.497 e. The van der Waals surface area contributed by atoms with Crippen molar-refractivity contribution in [1.82, 2.24) is 0 Å². The lowest BCUT2D eigenvalue weighted by Gasteiger charge is -2.23. The Labute approximate surface area is 95.4 Å². The van der Waals surface area contributed by atoms with Gasteiger partial charge in [0.25, 0.3) is 0 Å². The third kappa shape index (κ3) is 2.44. The van der Waals surface area contributed by atoms with Crippen molar-refractivity contribution in [2.75, 3.05) is 20.8 Å². The van der Waals surface area contributed by atoms with E-state index in [-0.39, 0.29) is 6.54 Å². The summed E-state index contributed by atoms with van der Waals surface area (Å²) in [4.78, 5) is 0. The van der Waals surface area contributed by atoms with Crippen LogP contribution in [-0.4, -0.2) is 20.8 Å². The second kappa shape index (κ2) is 5.16. The molecule has 0 radical (unpaired) electrons. The van der Waals surface area contributed by atoms with Crippen LogP contribution in [0.4, 0.5) is 4.39 Å². The van der Waals surface area contributed by atoms with E-state index in [9.17, 15) is 4.39 Å². The number of ether oxygens (including phenoxy) is 2. The number of nitrogens with two attached hydrogens (primary N) is 1. The molecule has 4 heteroatoms. The number of benzene rings is 1. The molecular weight excluding hydrogens is 209 g/mol. The number of hydrogen-bond donors (Lipinski definition) is 1. The summed E-state index contributed by atoms with van der Waals surface area (Å²) in [5.74, 6) is 1.14. The predicted octanol–water partition coefficient (Wildman–Crippen LogP) is 2.24. The average Bonchev–Trinajstić information content (AvgIpc) is 2.36. The highest BCUT2D eigenvalue weighted by Crippen LogP contribution is 2.34. The first-order valence-electron chi connectivity index (χ1n) is 5.22. The Hall–Kier alpha value is -1.29. The molecule has 0 fully saturated rings. The van der Waals surface area contributed by atoms with Gasteiger partial charge in [-0.1, -0.05) is 6.92 Å². The van der Waals surface area contributed by atoms with Gasteiger partial charge in [-0.2, -0.15) is 0 Å². The third-order valence-corrected chi connectivity index (χ3v) is 2.75. The zero-order valence-electron chi connectivity index (χ0n) is 9.92. The Kier molecular flexibility index (Phi) is 4.12. The van der Waals surface area contributed by atoms with Crippen molar-refractivity contribution in [3.05, 3.63) is 23.8 Å². The predicted molar refractivity (Wildman–Crippen MR) is 61.7 cm³/mol. The smallest absolute Gasteiger partial charge is 0.148 e. The normalized spacial score (nSPS) is 14.3. The van der Waals surface area contributed by atoms with Gasteiger partial charge in [0.1, 0.15) is 17.2 Å². The minimum atomic E-state index is -1.53. The molecule has 0 aliphatic heterocycles. The average molecular weight is 227 g/mol. The van der Waals surface area contributed by atoms with Crippen LogP contribution in [0.1, 0.15) is 18.9 Å². The zero-order valence-corrected chi connectivity index (χ0v) is 9.92. The molecule has 1 aromatic rings. The Morgan fingerprint density at radius 2 is 1.69 bits per heavy atom. The van der Waals surface area contributed by atoms with E-state index in [4.69, 9.17) is 15.2 Å². The minimum absolute atomic E-state index is 0.0557. The van der Waals surface area contributed by atoms with Gasteiger partial charge in [0, 0.05) is 12.6 Å². The highest BCUT2D eigenvalue weighted by molar-refractivity contribution is 5.41. The maximum Gasteiger partial charge on any atom is 0.148 e. The first-order chi connectivity index (χ1) is 7.59. The molecule has 0 heterocycles. The summed E-state index contributed by atoms with van der Waals surface area (Å²) in [6, 6.07) is 5.01. The Morgan fingerprint density at radius 1 is 1.19 bits per heavy atom. The Morgan fingerprint density at radius 3 is 2.00 bits per heavy atom. The Balaban J connectivity index is 3.21. The highest BCUT2D eigenvalue weighted by atomic mass is 19.1. The maximum absolute atomic E-state index is 14.4. The molecule has 0 aliphatic carbocycles. The number of hydrogen-bond acceptors (Lipinski definition) is 3. The molecule has 2 N–H and O–H groups in total. The fourth-order valence-corrected chi connectivity index (χ4v) is 1.53. The topological polar surface area (TPSA) is 44.5 Å². The molecule has 16 heavy (non-hydrogen) atoms. The number of alkyl halides is 1. The number of methoxy groups -OCH3 is 2. The van der Waals surface area contributed by atoms with E-state index in [0.717, 1.165) is 0 Å². The van der Waals surface area contributed by atoms with Crippen molar-refractivity contribution in [1.29, 1.82) is 0 Å². The molecule has 0 saturated heterocycles. The molecule has 1 rings (SSSR count). The monoisotopic (exact) mass is 227 g/mol. The van der Waals surface area contributed by atoms with Crippen molar-refractivity contribution < 1.29 is 13.9 Å². The SMILES string of the molecule is CCC(F)(CN)c1cc(OC)cc(OC)c1. The van der Waals surface area contributed by atoms with Crippen molar-refractivity contribution in [2.45, 2.75) is 19.0 Å². The molecule has 1 unspecified atom stereocenters. The standard InChI is InChI=1S/C12H18FNO2/c1-4-12(13,8-14)9-5-10(15-2)7-11(6-9)16-3/h5-7H,4,8,14H2,1-3H3. The van der Waals surface area contributed by atoms with Crippen LogP contribution in [0.2, 0.25) is 0 Å². The van der Waals surface area contributed by atoms with E-state index >= 15 is 0 Å². The van der Waals surface area contributed by atoms with Gasteiger partial charge < -0.3 is 15.2 Å². The number of halogens is 1. The van der Waals surface area contributed by atoms with Gasteiger partial charge in [0.2, 0.25) is 0 Å². The lowest BCUT2D eigenvalue weighted by molar-refractivity contribution is 0.168. The van der Waals surface area contributed by atoms with Gasteiger partial charge in [-0.15, -0.1) is 0 Å². The zero-order chi connectivity index (χ0) is 12.2. The van der Waals surface area contributed by atoms with E-state index < -0.39 is 5.67 Å². The fraction of sp³-hybridized carbons (Fsp3) is 0.500. The van der Waals surface area contributed by atoms with Crippen molar-refractivity contribution in [2.24, 2.45) is 5.73 Å². The first kappa shape index (κ1) is 12.8. The molecular formula is C12H18FNO2. The molecule has 1 aromatic carbocycles. The van der Waals surface area contributed by atoms with E-state index in [0.29, 0.717) is 23.5 Å². The summed E-state index contributed by atoms with van der Waals surface area (Å²) in [5, 5.41) is 0. The molecule has 0 amide bonds. The van der Waals surface area contributed by atoms with Gasteiger partial charge in [0.05, 0.1) is 14.2 Å².